The summed E-state index contributed by atoms with van der Waals surface area (Å²) in [5.74, 6) is 0.550. The third-order valence-electron chi connectivity index (χ3n) is 2.92. The standard InChI is InChI=1S/C10H16N2O2/c1-8-9(2-3-14-8)5-12-7-11-4-10(12)6-13/h4,7-9,13H,2-3,5-6H2,1H3. The van der Waals surface area contributed by atoms with E-state index in [1.807, 2.05) is 4.57 Å². The molecular formula is C10H16N2O2. The zero-order valence-electron chi connectivity index (χ0n) is 8.39. The molecule has 2 rings (SSSR count). The lowest BCUT2D eigenvalue weighted by atomic mass is 10.0. The number of hydrogen-bond donors (Lipinski definition) is 1. The summed E-state index contributed by atoms with van der Waals surface area (Å²) >= 11 is 0. The Hall–Kier alpha value is -0.870. The normalized spacial score (nSPS) is 27.0. The molecule has 1 aliphatic heterocycles. The topological polar surface area (TPSA) is 47.3 Å². The summed E-state index contributed by atoms with van der Waals surface area (Å²) in [7, 11) is 0. The highest BCUT2D eigenvalue weighted by Gasteiger charge is 2.24. The Kier molecular flexibility index (Phi) is 2.84. The third kappa shape index (κ3) is 1.81. The largest absolute Gasteiger partial charge is 0.390 e. The maximum Gasteiger partial charge on any atom is 0.0948 e. The maximum absolute atomic E-state index is 9.06. The van der Waals surface area contributed by atoms with Gasteiger partial charge in [-0.05, 0) is 13.3 Å². The van der Waals surface area contributed by atoms with E-state index in [4.69, 9.17) is 9.84 Å². The number of ether oxygens (including phenoxy) is 1. The molecule has 2 heterocycles. The summed E-state index contributed by atoms with van der Waals surface area (Å²) in [6.07, 6.45) is 4.91. The summed E-state index contributed by atoms with van der Waals surface area (Å²) in [4.78, 5) is 4.02. The monoisotopic (exact) mass is 196 g/mol. The van der Waals surface area contributed by atoms with Crippen LogP contribution in [0, 0.1) is 5.92 Å². The molecule has 2 atom stereocenters. The van der Waals surface area contributed by atoms with Crippen LogP contribution < -0.4 is 0 Å². The number of hydrogen-bond acceptors (Lipinski definition) is 3. The van der Waals surface area contributed by atoms with Gasteiger partial charge >= 0.3 is 0 Å². The number of imidazole rings is 1. The van der Waals surface area contributed by atoms with E-state index in [1.165, 1.54) is 0 Å². The number of nitrogens with zero attached hydrogens (tertiary/aromatic N) is 2. The van der Waals surface area contributed by atoms with Crippen LogP contribution in [0.25, 0.3) is 0 Å². The molecule has 2 unspecified atom stereocenters. The van der Waals surface area contributed by atoms with E-state index in [1.54, 1.807) is 12.5 Å². The molecule has 1 N–H and O–H groups in total. The fourth-order valence-electron chi connectivity index (χ4n) is 1.91. The fourth-order valence-corrected chi connectivity index (χ4v) is 1.91. The minimum atomic E-state index is 0.0575. The van der Waals surface area contributed by atoms with Crippen LogP contribution in [0.15, 0.2) is 12.5 Å². The maximum atomic E-state index is 9.06. The van der Waals surface area contributed by atoms with Crippen molar-refractivity contribution in [2.45, 2.75) is 32.6 Å². The number of aliphatic hydroxyl groups is 1. The molecule has 0 saturated carbocycles. The second-order valence-corrected chi connectivity index (χ2v) is 3.82. The van der Waals surface area contributed by atoms with Crippen molar-refractivity contribution in [1.29, 1.82) is 0 Å². The highest BCUT2D eigenvalue weighted by molar-refractivity contribution is 4.96. The molecule has 0 amide bonds. The Morgan fingerprint density at radius 3 is 3.21 bits per heavy atom. The van der Waals surface area contributed by atoms with Crippen LogP contribution >= 0.6 is 0 Å². The molecule has 1 aromatic rings. The van der Waals surface area contributed by atoms with Crippen LogP contribution in [0.3, 0.4) is 0 Å². The molecule has 1 saturated heterocycles. The zero-order chi connectivity index (χ0) is 9.97. The second kappa shape index (κ2) is 4.11. The zero-order valence-corrected chi connectivity index (χ0v) is 8.39. The van der Waals surface area contributed by atoms with E-state index in [-0.39, 0.29) is 6.61 Å². The molecule has 4 heteroatoms. The molecule has 78 valence electrons. The molecule has 0 radical (unpaired) electrons. The van der Waals surface area contributed by atoms with Crippen LogP contribution in [-0.4, -0.2) is 27.4 Å². The number of aromatic nitrogens is 2. The molecule has 4 nitrogen and oxygen atoms in total. The van der Waals surface area contributed by atoms with Gasteiger partial charge in [0.1, 0.15) is 0 Å². The van der Waals surface area contributed by atoms with E-state index in [2.05, 4.69) is 11.9 Å². The van der Waals surface area contributed by atoms with E-state index in [9.17, 15) is 0 Å². The van der Waals surface area contributed by atoms with Gasteiger partial charge in [-0.3, -0.25) is 0 Å². The van der Waals surface area contributed by atoms with Crippen LogP contribution in [0.1, 0.15) is 19.0 Å². The number of aliphatic hydroxyl groups excluding tert-OH is 1. The van der Waals surface area contributed by atoms with Crippen molar-refractivity contribution >= 4 is 0 Å². The van der Waals surface area contributed by atoms with Gasteiger partial charge in [0.25, 0.3) is 0 Å². The van der Waals surface area contributed by atoms with E-state index >= 15 is 0 Å². The predicted molar refractivity (Wildman–Crippen MR) is 51.7 cm³/mol. The Balaban J connectivity index is 2.02. The van der Waals surface area contributed by atoms with Gasteiger partial charge in [-0.15, -0.1) is 0 Å². The highest BCUT2D eigenvalue weighted by atomic mass is 16.5. The van der Waals surface area contributed by atoms with E-state index in [0.717, 1.165) is 25.3 Å². The Labute approximate surface area is 83.5 Å². The minimum absolute atomic E-state index is 0.0575. The van der Waals surface area contributed by atoms with Crippen molar-refractivity contribution < 1.29 is 9.84 Å². The molecule has 1 aromatic heterocycles. The molecule has 0 aliphatic carbocycles. The first-order valence-electron chi connectivity index (χ1n) is 5.02. The van der Waals surface area contributed by atoms with Gasteiger partial charge in [0.2, 0.25) is 0 Å². The lowest BCUT2D eigenvalue weighted by Crippen LogP contribution is -2.18. The van der Waals surface area contributed by atoms with Gasteiger partial charge in [0.05, 0.1) is 30.9 Å². The van der Waals surface area contributed by atoms with Gasteiger partial charge in [0, 0.05) is 19.1 Å². The Morgan fingerprint density at radius 2 is 2.57 bits per heavy atom. The van der Waals surface area contributed by atoms with Crippen LogP contribution in [0.5, 0.6) is 0 Å². The van der Waals surface area contributed by atoms with Crippen LogP contribution in [0.2, 0.25) is 0 Å². The molecule has 0 bridgehead atoms. The summed E-state index contributed by atoms with van der Waals surface area (Å²) in [6, 6.07) is 0. The Bertz CT molecular complexity index is 298. The summed E-state index contributed by atoms with van der Waals surface area (Å²) in [5.41, 5.74) is 0.879. The average molecular weight is 196 g/mol. The van der Waals surface area contributed by atoms with Crippen LogP contribution in [-0.2, 0) is 17.9 Å². The molecule has 0 aromatic carbocycles. The van der Waals surface area contributed by atoms with Gasteiger partial charge in [-0.25, -0.2) is 4.98 Å². The van der Waals surface area contributed by atoms with Crippen molar-refractivity contribution in [3.05, 3.63) is 18.2 Å². The lowest BCUT2D eigenvalue weighted by molar-refractivity contribution is 0.101. The predicted octanol–water partition coefficient (Wildman–Crippen LogP) is 0.800. The average Bonchev–Trinajstić information content (AvgIpc) is 2.77. The molecule has 1 fully saturated rings. The van der Waals surface area contributed by atoms with Gasteiger partial charge in [-0.2, -0.15) is 0 Å². The summed E-state index contributed by atoms with van der Waals surface area (Å²) in [5, 5.41) is 9.06. The highest BCUT2D eigenvalue weighted by Crippen LogP contribution is 2.22. The second-order valence-electron chi connectivity index (χ2n) is 3.82. The smallest absolute Gasteiger partial charge is 0.0948 e. The van der Waals surface area contributed by atoms with Crippen LogP contribution in [0.4, 0.5) is 0 Å². The van der Waals surface area contributed by atoms with Crippen molar-refractivity contribution in [3.63, 3.8) is 0 Å². The van der Waals surface area contributed by atoms with Crippen molar-refractivity contribution in [2.24, 2.45) is 5.92 Å². The quantitative estimate of drug-likeness (QED) is 0.778. The minimum Gasteiger partial charge on any atom is -0.390 e. The van der Waals surface area contributed by atoms with E-state index in [0.29, 0.717) is 12.0 Å². The third-order valence-corrected chi connectivity index (χ3v) is 2.92. The van der Waals surface area contributed by atoms with Gasteiger partial charge in [-0.1, -0.05) is 0 Å². The number of rotatable bonds is 3. The molecule has 1 aliphatic rings. The SMILES string of the molecule is CC1OCCC1Cn1cncc1CO. The summed E-state index contributed by atoms with van der Waals surface area (Å²) in [6.45, 7) is 3.92. The summed E-state index contributed by atoms with van der Waals surface area (Å²) < 4.78 is 7.50. The first-order chi connectivity index (χ1) is 6.81. The van der Waals surface area contributed by atoms with Crippen molar-refractivity contribution in [1.82, 2.24) is 9.55 Å². The van der Waals surface area contributed by atoms with Gasteiger partial charge in [0.15, 0.2) is 0 Å². The first kappa shape index (κ1) is 9.68. The molecular weight excluding hydrogens is 180 g/mol. The lowest BCUT2D eigenvalue weighted by Gasteiger charge is -2.15. The van der Waals surface area contributed by atoms with Crippen molar-refractivity contribution in [2.75, 3.05) is 6.61 Å². The molecule has 0 spiro atoms. The van der Waals surface area contributed by atoms with Gasteiger partial charge < -0.3 is 14.4 Å². The van der Waals surface area contributed by atoms with Crippen molar-refractivity contribution in [3.8, 4) is 0 Å². The molecule has 14 heavy (non-hydrogen) atoms. The Morgan fingerprint density at radius 1 is 1.71 bits per heavy atom. The van der Waals surface area contributed by atoms with E-state index < -0.39 is 0 Å². The fraction of sp³-hybridized carbons (Fsp3) is 0.700. The first-order valence-corrected chi connectivity index (χ1v) is 5.02.